The Labute approximate surface area is 98.5 Å². The van der Waals surface area contributed by atoms with Crippen LogP contribution in [0.25, 0.3) is 6.08 Å². The smallest absolute Gasteiger partial charge is 0.328 e. The van der Waals surface area contributed by atoms with E-state index in [0.717, 1.165) is 6.08 Å². The van der Waals surface area contributed by atoms with E-state index in [2.05, 4.69) is 11.8 Å². The number of ether oxygens (including phenoxy) is 1. The number of aliphatic carboxylic acids is 1. The van der Waals surface area contributed by atoms with Crippen LogP contribution >= 0.6 is 0 Å². The van der Waals surface area contributed by atoms with Crippen molar-refractivity contribution in [3.63, 3.8) is 0 Å². The molecular formula is C13H11FO3. The van der Waals surface area contributed by atoms with Gasteiger partial charge >= 0.3 is 5.97 Å². The van der Waals surface area contributed by atoms with Gasteiger partial charge in [0.25, 0.3) is 0 Å². The normalized spacial score (nSPS) is 9.76. The minimum absolute atomic E-state index is 0.169. The molecule has 0 fully saturated rings. The van der Waals surface area contributed by atoms with Crippen LogP contribution < -0.4 is 4.74 Å². The quantitative estimate of drug-likeness (QED) is 0.642. The molecule has 0 amide bonds. The van der Waals surface area contributed by atoms with Crippen molar-refractivity contribution >= 4 is 12.0 Å². The summed E-state index contributed by atoms with van der Waals surface area (Å²) in [6.45, 7) is 1.85. The molecule has 17 heavy (non-hydrogen) atoms. The maximum atomic E-state index is 13.2. The molecule has 1 rings (SSSR count). The van der Waals surface area contributed by atoms with Crippen LogP contribution in [0.5, 0.6) is 5.75 Å². The highest BCUT2D eigenvalue weighted by atomic mass is 19.1. The van der Waals surface area contributed by atoms with Gasteiger partial charge in [0.2, 0.25) is 0 Å². The van der Waals surface area contributed by atoms with E-state index >= 15 is 0 Å². The Morgan fingerprint density at radius 3 is 2.94 bits per heavy atom. The molecule has 0 saturated heterocycles. The van der Waals surface area contributed by atoms with Crippen molar-refractivity contribution in [2.75, 3.05) is 6.61 Å². The number of rotatable bonds is 4. The van der Waals surface area contributed by atoms with Crippen LogP contribution in [0.2, 0.25) is 0 Å². The van der Waals surface area contributed by atoms with E-state index in [4.69, 9.17) is 9.84 Å². The van der Waals surface area contributed by atoms with Crippen LogP contribution in [-0.4, -0.2) is 17.7 Å². The summed E-state index contributed by atoms with van der Waals surface area (Å²) in [4.78, 5) is 10.3. The summed E-state index contributed by atoms with van der Waals surface area (Å²) in [5, 5.41) is 8.46. The molecule has 0 unspecified atom stereocenters. The van der Waals surface area contributed by atoms with Crippen molar-refractivity contribution in [2.45, 2.75) is 6.92 Å². The Kier molecular flexibility index (Phi) is 4.77. The molecule has 0 radical (unpaired) electrons. The van der Waals surface area contributed by atoms with Gasteiger partial charge in [0, 0.05) is 12.1 Å². The summed E-state index contributed by atoms with van der Waals surface area (Å²) in [7, 11) is 0. The second kappa shape index (κ2) is 6.33. The van der Waals surface area contributed by atoms with Gasteiger partial charge < -0.3 is 9.84 Å². The summed E-state index contributed by atoms with van der Waals surface area (Å²) in [6, 6.07) is 3.98. The highest BCUT2D eigenvalue weighted by molar-refractivity contribution is 5.85. The third kappa shape index (κ3) is 4.85. The maximum Gasteiger partial charge on any atom is 0.328 e. The van der Waals surface area contributed by atoms with E-state index in [0.29, 0.717) is 11.3 Å². The number of hydrogen-bond donors (Lipinski definition) is 1. The zero-order valence-electron chi connectivity index (χ0n) is 9.24. The topological polar surface area (TPSA) is 46.5 Å². The van der Waals surface area contributed by atoms with E-state index in [-0.39, 0.29) is 6.61 Å². The van der Waals surface area contributed by atoms with E-state index in [9.17, 15) is 9.18 Å². The van der Waals surface area contributed by atoms with Crippen LogP contribution in [0.15, 0.2) is 24.3 Å². The minimum Gasteiger partial charge on any atom is -0.481 e. The fraction of sp³-hybridized carbons (Fsp3) is 0.154. The van der Waals surface area contributed by atoms with Gasteiger partial charge in [0.15, 0.2) is 0 Å². The minimum atomic E-state index is -1.09. The average molecular weight is 234 g/mol. The zero-order valence-corrected chi connectivity index (χ0v) is 9.24. The number of carbonyl (C=O) groups is 1. The Balaban J connectivity index is 2.84. The summed E-state index contributed by atoms with van der Waals surface area (Å²) in [6.07, 6.45) is 2.23. The molecule has 0 spiro atoms. The van der Waals surface area contributed by atoms with Gasteiger partial charge in [0.05, 0.1) is 0 Å². The third-order valence-corrected chi connectivity index (χ3v) is 1.80. The molecular weight excluding hydrogens is 223 g/mol. The predicted molar refractivity (Wildman–Crippen MR) is 62.0 cm³/mol. The molecule has 0 bridgehead atoms. The lowest BCUT2D eigenvalue weighted by molar-refractivity contribution is -0.131. The highest BCUT2D eigenvalue weighted by Gasteiger charge is 2.00. The monoisotopic (exact) mass is 234 g/mol. The van der Waals surface area contributed by atoms with Crippen molar-refractivity contribution in [3.8, 4) is 17.6 Å². The van der Waals surface area contributed by atoms with Gasteiger partial charge in [-0.05, 0) is 30.7 Å². The van der Waals surface area contributed by atoms with Crippen LogP contribution in [0.4, 0.5) is 4.39 Å². The lowest BCUT2D eigenvalue weighted by Gasteiger charge is -2.03. The van der Waals surface area contributed by atoms with E-state index in [1.165, 1.54) is 18.2 Å². The van der Waals surface area contributed by atoms with Gasteiger partial charge in [-0.25, -0.2) is 9.18 Å². The van der Waals surface area contributed by atoms with Gasteiger partial charge in [-0.3, -0.25) is 0 Å². The molecule has 0 aliphatic heterocycles. The predicted octanol–water partition coefficient (Wildman–Crippen LogP) is 2.33. The first-order chi connectivity index (χ1) is 8.11. The van der Waals surface area contributed by atoms with Crippen molar-refractivity contribution in [1.82, 2.24) is 0 Å². The number of hydrogen-bond acceptors (Lipinski definition) is 2. The molecule has 1 aromatic carbocycles. The molecule has 1 N–H and O–H groups in total. The SMILES string of the molecule is CC#CCOc1cc(F)cc(/C=C/C(=O)O)c1. The molecule has 0 heterocycles. The molecule has 0 aliphatic carbocycles. The van der Waals surface area contributed by atoms with Crippen LogP contribution in [0.1, 0.15) is 12.5 Å². The molecule has 0 atom stereocenters. The highest BCUT2D eigenvalue weighted by Crippen LogP contribution is 2.17. The van der Waals surface area contributed by atoms with Gasteiger partial charge in [-0.15, -0.1) is 5.92 Å². The largest absolute Gasteiger partial charge is 0.481 e. The summed E-state index contributed by atoms with van der Waals surface area (Å²) in [5.41, 5.74) is 0.423. The van der Waals surface area contributed by atoms with E-state index in [1.54, 1.807) is 13.0 Å². The number of carboxylic acids is 1. The second-order valence-corrected chi connectivity index (χ2v) is 3.11. The Morgan fingerprint density at radius 2 is 2.29 bits per heavy atom. The molecule has 1 aromatic rings. The first-order valence-electron chi connectivity index (χ1n) is 4.86. The molecule has 0 aliphatic rings. The third-order valence-electron chi connectivity index (χ3n) is 1.80. The fourth-order valence-corrected chi connectivity index (χ4v) is 1.12. The number of carboxylic acid groups (broad SMARTS) is 1. The zero-order chi connectivity index (χ0) is 12.7. The molecule has 3 nitrogen and oxygen atoms in total. The van der Waals surface area contributed by atoms with Gasteiger partial charge in [0.1, 0.15) is 18.2 Å². The second-order valence-electron chi connectivity index (χ2n) is 3.11. The van der Waals surface area contributed by atoms with Crippen LogP contribution in [0, 0.1) is 17.7 Å². The van der Waals surface area contributed by atoms with E-state index in [1.807, 2.05) is 0 Å². The fourth-order valence-electron chi connectivity index (χ4n) is 1.12. The lowest BCUT2D eigenvalue weighted by atomic mass is 10.2. The van der Waals surface area contributed by atoms with Crippen molar-refractivity contribution < 1.29 is 19.0 Å². The van der Waals surface area contributed by atoms with Crippen molar-refractivity contribution in [1.29, 1.82) is 0 Å². The average Bonchev–Trinajstić information content (AvgIpc) is 2.26. The number of halogens is 1. The summed E-state index contributed by atoms with van der Waals surface area (Å²) < 4.78 is 18.3. The molecule has 0 aromatic heterocycles. The van der Waals surface area contributed by atoms with Crippen molar-refractivity contribution in [2.24, 2.45) is 0 Å². The first kappa shape index (κ1) is 12.8. The van der Waals surface area contributed by atoms with Gasteiger partial charge in [-0.1, -0.05) is 5.92 Å². The summed E-state index contributed by atoms with van der Waals surface area (Å²) in [5.74, 6) is 4.07. The Morgan fingerprint density at radius 1 is 1.53 bits per heavy atom. The van der Waals surface area contributed by atoms with E-state index < -0.39 is 11.8 Å². The van der Waals surface area contributed by atoms with Crippen LogP contribution in [-0.2, 0) is 4.79 Å². The number of benzene rings is 1. The standard InChI is InChI=1S/C13H11FO3/c1-2-3-6-17-12-8-10(4-5-13(15)16)7-11(14)9-12/h4-5,7-9H,6H2,1H3,(H,15,16)/b5-4+. The lowest BCUT2D eigenvalue weighted by Crippen LogP contribution is -1.95. The molecule has 4 heteroatoms. The Hall–Kier alpha value is -2.28. The first-order valence-corrected chi connectivity index (χ1v) is 4.86. The molecule has 0 saturated carbocycles. The Bertz CT molecular complexity index is 495. The summed E-state index contributed by atoms with van der Waals surface area (Å²) >= 11 is 0. The molecule has 88 valence electrons. The maximum absolute atomic E-state index is 13.2. The van der Waals surface area contributed by atoms with Crippen LogP contribution in [0.3, 0.4) is 0 Å². The van der Waals surface area contributed by atoms with Gasteiger partial charge in [-0.2, -0.15) is 0 Å². The van der Waals surface area contributed by atoms with Crippen molar-refractivity contribution in [3.05, 3.63) is 35.7 Å².